The molecule has 1 aromatic heterocycles. The van der Waals surface area contributed by atoms with E-state index in [9.17, 15) is 8.42 Å². The number of pyridine rings is 1. The maximum absolute atomic E-state index is 12.1. The van der Waals surface area contributed by atoms with Crippen molar-refractivity contribution in [2.75, 3.05) is 4.72 Å². The monoisotopic (exact) mass is 362 g/mol. The Balaban J connectivity index is 2.32. The number of nitrogens with zero attached hydrogens (tertiary/aromatic N) is 1. The van der Waals surface area contributed by atoms with Crippen LogP contribution in [-0.2, 0) is 10.0 Å². The molecular formula is C11H8BrClN2O3S. The number of hydrogen-bond donors (Lipinski definition) is 2. The van der Waals surface area contributed by atoms with Crippen LogP contribution in [0.3, 0.4) is 0 Å². The summed E-state index contributed by atoms with van der Waals surface area (Å²) in [7, 11) is -3.75. The van der Waals surface area contributed by atoms with E-state index in [4.69, 9.17) is 16.7 Å². The lowest BCUT2D eigenvalue weighted by Gasteiger charge is -2.08. The average Bonchev–Trinajstić information content (AvgIpc) is 2.35. The molecule has 0 amide bonds. The summed E-state index contributed by atoms with van der Waals surface area (Å²) in [6, 6.07) is 7.02. The van der Waals surface area contributed by atoms with Gasteiger partial charge in [-0.05, 0) is 46.3 Å². The third kappa shape index (κ3) is 3.37. The van der Waals surface area contributed by atoms with Crippen molar-refractivity contribution in [3.8, 4) is 5.75 Å². The van der Waals surface area contributed by atoms with Gasteiger partial charge >= 0.3 is 0 Å². The van der Waals surface area contributed by atoms with E-state index in [0.29, 0.717) is 10.2 Å². The van der Waals surface area contributed by atoms with Crippen LogP contribution < -0.4 is 4.72 Å². The fourth-order valence-electron chi connectivity index (χ4n) is 1.29. The Morgan fingerprint density at radius 3 is 2.47 bits per heavy atom. The van der Waals surface area contributed by atoms with Gasteiger partial charge in [0.15, 0.2) is 0 Å². The Bertz CT molecular complexity index is 704. The first-order valence-corrected chi connectivity index (χ1v) is 7.67. The molecule has 0 saturated heterocycles. The molecule has 2 aromatic rings. The number of anilines is 1. The number of benzene rings is 1. The molecule has 0 radical (unpaired) electrons. The van der Waals surface area contributed by atoms with Crippen LogP contribution in [0.5, 0.6) is 5.75 Å². The van der Waals surface area contributed by atoms with Crippen molar-refractivity contribution < 1.29 is 13.5 Å². The molecule has 5 nitrogen and oxygen atoms in total. The molecule has 0 aliphatic rings. The molecule has 2 rings (SSSR count). The summed E-state index contributed by atoms with van der Waals surface area (Å²) in [4.78, 5) is 3.74. The second-order valence-corrected chi connectivity index (χ2v) is 6.49. The third-order valence-electron chi connectivity index (χ3n) is 2.20. The fourth-order valence-corrected chi connectivity index (χ4v) is 2.93. The number of phenolic OH excluding ortho intramolecular Hbond substituents is 1. The number of aromatic hydroxyl groups is 1. The Morgan fingerprint density at radius 2 is 1.89 bits per heavy atom. The van der Waals surface area contributed by atoms with E-state index in [-0.39, 0.29) is 15.8 Å². The first kappa shape index (κ1) is 14.1. The van der Waals surface area contributed by atoms with Crippen molar-refractivity contribution in [3.05, 3.63) is 46.2 Å². The zero-order chi connectivity index (χ0) is 14.0. The number of hydrogen-bond acceptors (Lipinski definition) is 4. The molecule has 0 unspecified atom stereocenters. The molecule has 8 heteroatoms. The summed E-state index contributed by atoms with van der Waals surface area (Å²) in [5, 5.41) is 9.31. The van der Waals surface area contributed by atoms with Gasteiger partial charge in [-0.15, -0.1) is 0 Å². The summed E-state index contributed by atoms with van der Waals surface area (Å²) in [6.07, 6.45) is 1.16. The van der Waals surface area contributed by atoms with Crippen molar-refractivity contribution in [2.24, 2.45) is 0 Å². The zero-order valence-corrected chi connectivity index (χ0v) is 12.5. The van der Waals surface area contributed by atoms with Gasteiger partial charge in [-0.25, -0.2) is 13.4 Å². The highest BCUT2D eigenvalue weighted by molar-refractivity contribution is 9.10. The third-order valence-corrected chi connectivity index (χ3v) is 4.68. The van der Waals surface area contributed by atoms with Crippen LogP contribution in [0.4, 0.5) is 5.69 Å². The van der Waals surface area contributed by atoms with Gasteiger partial charge in [0.1, 0.15) is 15.8 Å². The predicted molar refractivity (Wildman–Crippen MR) is 75.9 cm³/mol. The number of sulfonamides is 1. The molecule has 100 valence electrons. The summed E-state index contributed by atoms with van der Waals surface area (Å²) >= 11 is 8.82. The second-order valence-electron chi connectivity index (χ2n) is 3.60. The van der Waals surface area contributed by atoms with E-state index >= 15 is 0 Å². The van der Waals surface area contributed by atoms with Crippen LogP contribution in [-0.4, -0.2) is 18.5 Å². The van der Waals surface area contributed by atoms with E-state index in [1.54, 1.807) is 0 Å². The first-order valence-electron chi connectivity index (χ1n) is 5.01. The van der Waals surface area contributed by atoms with Crippen LogP contribution in [0.2, 0.25) is 5.15 Å². The molecule has 0 bridgehead atoms. The standard InChI is InChI=1S/C11H8BrClN2O3S/c12-10-5-9(6-14-11(10)13)19(17,18)15-7-1-3-8(16)4-2-7/h1-6,15-16H. The van der Waals surface area contributed by atoms with Crippen molar-refractivity contribution in [1.29, 1.82) is 0 Å². The molecule has 1 aromatic carbocycles. The summed E-state index contributed by atoms with van der Waals surface area (Å²) in [5.41, 5.74) is 0.337. The van der Waals surface area contributed by atoms with Gasteiger partial charge in [0.25, 0.3) is 10.0 Å². The fraction of sp³-hybridized carbons (Fsp3) is 0. The Labute approximate surface area is 123 Å². The Kier molecular flexibility index (Phi) is 3.98. The number of phenols is 1. The van der Waals surface area contributed by atoms with Crippen molar-refractivity contribution >= 4 is 43.2 Å². The number of halogens is 2. The summed E-state index contributed by atoms with van der Waals surface area (Å²) in [5.74, 6) is 0.0545. The van der Waals surface area contributed by atoms with Crippen molar-refractivity contribution in [1.82, 2.24) is 4.98 Å². The molecule has 0 atom stereocenters. The first-order chi connectivity index (χ1) is 8.88. The van der Waals surface area contributed by atoms with Gasteiger partial charge in [0.2, 0.25) is 0 Å². The minimum Gasteiger partial charge on any atom is -0.508 e. The van der Waals surface area contributed by atoms with Gasteiger partial charge in [-0.2, -0.15) is 0 Å². The SMILES string of the molecule is O=S(=O)(Nc1ccc(O)cc1)c1cnc(Cl)c(Br)c1. The number of rotatable bonds is 3. The van der Waals surface area contributed by atoms with Crippen LogP contribution in [0.15, 0.2) is 45.9 Å². The highest BCUT2D eigenvalue weighted by Gasteiger charge is 2.16. The maximum atomic E-state index is 12.1. The topological polar surface area (TPSA) is 79.3 Å². The van der Waals surface area contributed by atoms with Gasteiger partial charge in [0, 0.05) is 11.9 Å². The van der Waals surface area contributed by atoms with Crippen molar-refractivity contribution in [2.45, 2.75) is 4.90 Å². The van der Waals surface area contributed by atoms with Crippen molar-refractivity contribution in [3.63, 3.8) is 0 Å². The average molecular weight is 364 g/mol. The van der Waals surface area contributed by atoms with E-state index in [1.807, 2.05) is 0 Å². The summed E-state index contributed by atoms with van der Waals surface area (Å²) < 4.78 is 26.9. The second kappa shape index (κ2) is 5.36. The molecule has 0 fully saturated rings. The predicted octanol–water partition coefficient (Wildman–Crippen LogP) is 3.00. The molecule has 0 aliphatic carbocycles. The quantitative estimate of drug-likeness (QED) is 0.649. The number of aromatic nitrogens is 1. The lowest BCUT2D eigenvalue weighted by Crippen LogP contribution is -2.13. The molecule has 1 heterocycles. The molecule has 0 saturated carbocycles. The van der Waals surface area contributed by atoms with Crippen LogP contribution in [0.1, 0.15) is 0 Å². The minimum absolute atomic E-state index is 0.0168. The maximum Gasteiger partial charge on any atom is 0.263 e. The molecule has 2 N–H and O–H groups in total. The Hall–Kier alpha value is -1.31. The van der Waals surface area contributed by atoms with E-state index in [0.717, 1.165) is 6.20 Å². The largest absolute Gasteiger partial charge is 0.508 e. The van der Waals surface area contributed by atoms with E-state index in [1.165, 1.54) is 30.3 Å². The van der Waals surface area contributed by atoms with Crippen LogP contribution in [0.25, 0.3) is 0 Å². The zero-order valence-electron chi connectivity index (χ0n) is 9.34. The minimum atomic E-state index is -3.75. The molecule has 0 aliphatic heterocycles. The molecule has 19 heavy (non-hydrogen) atoms. The van der Waals surface area contributed by atoms with Gasteiger partial charge in [-0.1, -0.05) is 11.6 Å². The van der Waals surface area contributed by atoms with Gasteiger partial charge < -0.3 is 5.11 Å². The van der Waals surface area contributed by atoms with Crippen LogP contribution in [0, 0.1) is 0 Å². The lowest BCUT2D eigenvalue weighted by molar-refractivity contribution is 0.475. The van der Waals surface area contributed by atoms with E-state index < -0.39 is 10.0 Å². The van der Waals surface area contributed by atoms with Gasteiger partial charge in [0.05, 0.1) is 4.47 Å². The summed E-state index contributed by atoms with van der Waals surface area (Å²) in [6.45, 7) is 0. The van der Waals surface area contributed by atoms with Crippen LogP contribution >= 0.6 is 27.5 Å². The molecular weight excluding hydrogens is 356 g/mol. The lowest BCUT2D eigenvalue weighted by atomic mass is 10.3. The highest BCUT2D eigenvalue weighted by atomic mass is 79.9. The normalized spacial score (nSPS) is 11.3. The highest BCUT2D eigenvalue weighted by Crippen LogP contribution is 2.24. The van der Waals surface area contributed by atoms with E-state index in [2.05, 4.69) is 25.6 Å². The molecule has 0 spiro atoms. The number of nitrogens with one attached hydrogen (secondary N) is 1. The Morgan fingerprint density at radius 1 is 1.26 bits per heavy atom. The smallest absolute Gasteiger partial charge is 0.263 e. The van der Waals surface area contributed by atoms with Gasteiger partial charge in [-0.3, -0.25) is 4.72 Å².